The van der Waals surface area contributed by atoms with Crippen molar-refractivity contribution < 1.29 is 4.79 Å². The Bertz CT molecular complexity index is 849. The Kier molecular flexibility index (Phi) is 4.55. The first kappa shape index (κ1) is 15.5. The van der Waals surface area contributed by atoms with E-state index in [9.17, 15) is 4.79 Å². The molecule has 0 aliphatic rings. The Morgan fingerprint density at radius 1 is 1.04 bits per heavy atom. The lowest BCUT2D eigenvalue weighted by molar-refractivity contribution is -0.117. The van der Waals surface area contributed by atoms with Crippen molar-refractivity contribution in [2.45, 2.75) is 6.54 Å². The maximum atomic E-state index is 12.0. The van der Waals surface area contributed by atoms with E-state index < -0.39 is 0 Å². The molecule has 0 atom stereocenters. The smallest absolute Gasteiger partial charge is 0.248 e. The fourth-order valence-corrected chi connectivity index (χ4v) is 2.34. The topological polar surface area (TPSA) is 72.7 Å². The van der Waals surface area contributed by atoms with Crippen LogP contribution in [-0.2, 0) is 11.3 Å². The number of amides is 1. The van der Waals surface area contributed by atoms with Gasteiger partial charge in [0.1, 0.15) is 6.54 Å². The van der Waals surface area contributed by atoms with Gasteiger partial charge in [0, 0.05) is 5.56 Å². The maximum Gasteiger partial charge on any atom is 0.248 e. The summed E-state index contributed by atoms with van der Waals surface area (Å²) in [5.74, 6) is 0.0577. The van der Waals surface area contributed by atoms with Gasteiger partial charge in [-0.1, -0.05) is 47.5 Å². The number of nitrogens with zero attached hydrogens (tertiary/aromatic N) is 4. The normalized spacial score (nSPS) is 10.5. The summed E-state index contributed by atoms with van der Waals surface area (Å²) >= 11 is 12.1. The molecule has 3 aromatic rings. The van der Waals surface area contributed by atoms with Crippen molar-refractivity contribution in [1.82, 2.24) is 20.2 Å². The highest BCUT2D eigenvalue weighted by Gasteiger charge is 2.12. The molecular weight excluding hydrogens is 337 g/mol. The van der Waals surface area contributed by atoms with Crippen LogP contribution in [0.5, 0.6) is 0 Å². The molecule has 0 unspecified atom stereocenters. The SMILES string of the molecule is O=C(Cn1nnc(-c2ccccc2Cl)n1)Nc1ccccc1Cl. The number of carbonyl (C=O) groups is 1. The van der Waals surface area contributed by atoms with Crippen LogP contribution in [0, 0.1) is 0 Å². The number of carbonyl (C=O) groups excluding carboxylic acids is 1. The molecule has 0 spiro atoms. The number of anilines is 1. The summed E-state index contributed by atoms with van der Waals surface area (Å²) < 4.78 is 0. The van der Waals surface area contributed by atoms with Crippen molar-refractivity contribution in [2.24, 2.45) is 0 Å². The van der Waals surface area contributed by atoms with Gasteiger partial charge < -0.3 is 5.32 Å². The third-order valence-corrected chi connectivity index (χ3v) is 3.66. The van der Waals surface area contributed by atoms with Crippen LogP contribution in [0.4, 0.5) is 5.69 Å². The highest BCUT2D eigenvalue weighted by Crippen LogP contribution is 2.23. The number of benzene rings is 2. The van der Waals surface area contributed by atoms with Crippen LogP contribution in [0.2, 0.25) is 10.0 Å². The molecular formula is C15H11Cl2N5O. The Hall–Kier alpha value is -2.44. The van der Waals surface area contributed by atoms with Gasteiger partial charge in [0.2, 0.25) is 11.7 Å². The van der Waals surface area contributed by atoms with E-state index in [4.69, 9.17) is 23.2 Å². The predicted octanol–water partition coefficient (Wildman–Crippen LogP) is 3.29. The van der Waals surface area contributed by atoms with Gasteiger partial charge in [0.25, 0.3) is 0 Å². The molecule has 23 heavy (non-hydrogen) atoms. The van der Waals surface area contributed by atoms with Gasteiger partial charge in [-0.3, -0.25) is 4.79 Å². The second-order valence-corrected chi connectivity index (χ2v) is 5.47. The molecule has 0 aliphatic carbocycles. The van der Waals surface area contributed by atoms with Crippen molar-refractivity contribution in [3.05, 3.63) is 58.6 Å². The molecule has 8 heteroatoms. The Morgan fingerprint density at radius 2 is 1.74 bits per heavy atom. The quantitative estimate of drug-likeness (QED) is 0.785. The largest absolute Gasteiger partial charge is 0.323 e. The van der Waals surface area contributed by atoms with Crippen LogP contribution in [-0.4, -0.2) is 26.1 Å². The molecule has 6 nitrogen and oxygen atoms in total. The average molecular weight is 348 g/mol. The van der Waals surface area contributed by atoms with E-state index in [0.717, 1.165) is 0 Å². The number of aromatic nitrogens is 4. The maximum absolute atomic E-state index is 12.0. The lowest BCUT2D eigenvalue weighted by Gasteiger charge is -2.05. The monoisotopic (exact) mass is 347 g/mol. The van der Waals surface area contributed by atoms with Gasteiger partial charge in [-0.2, -0.15) is 4.80 Å². The number of nitrogens with one attached hydrogen (secondary N) is 1. The zero-order valence-electron chi connectivity index (χ0n) is 11.8. The molecule has 0 fully saturated rings. The zero-order valence-corrected chi connectivity index (χ0v) is 13.3. The Balaban J connectivity index is 1.71. The number of tetrazole rings is 1. The van der Waals surface area contributed by atoms with Crippen molar-refractivity contribution in [1.29, 1.82) is 0 Å². The highest BCUT2D eigenvalue weighted by atomic mass is 35.5. The van der Waals surface area contributed by atoms with Crippen molar-refractivity contribution in [2.75, 3.05) is 5.32 Å². The minimum absolute atomic E-state index is 0.0807. The molecule has 1 heterocycles. The number of halogens is 2. The summed E-state index contributed by atoms with van der Waals surface area (Å²) in [5, 5.41) is 15.6. The van der Waals surface area contributed by atoms with Crippen molar-refractivity contribution in [3.63, 3.8) is 0 Å². The van der Waals surface area contributed by atoms with Gasteiger partial charge in [0.15, 0.2) is 0 Å². The van der Waals surface area contributed by atoms with Crippen molar-refractivity contribution >= 4 is 34.8 Å². The Morgan fingerprint density at radius 3 is 2.48 bits per heavy atom. The van der Waals surface area contributed by atoms with Gasteiger partial charge in [-0.25, -0.2) is 0 Å². The molecule has 1 aromatic heterocycles. The van der Waals surface area contributed by atoms with E-state index in [0.29, 0.717) is 27.1 Å². The fourth-order valence-electron chi connectivity index (χ4n) is 1.94. The lowest BCUT2D eigenvalue weighted by atomic mass is 10.2. The van der Waals surface area contributed by atoms with Gasteiger partial charge in [-0.15, -0.1) is 10.2 Å². The second-order valence-electron chi connectivity index (χ2n) is 4.65. The van der Waals surface area contributed by atoms with Gasteiger partial charge in [0.05, 0.1) is 15.7 Å². The van der Waals surface area contributed by atoms with Gasteiger partial charge >= 0.3 is 0 Å². The standard InChI is InChI=1S/C15H11Cl2N5O/c16-11-6-2-1-5-10(11)15-19-21-22(20-15)9-14(23)18-13-8-4-3-7-12(13)17/h1-8H,9H2,(H,18,23). The molecule has 1 N–H and O–H groups in total. The summed E-state index contributed by atoms with van der Waals surface area (Å²) in [6.07, 6.45) is 0. The summed E-state index contributed by atoms with van der Waals surface area (Å²) in [5.41, 5.74) is 1.19. The number of hydrogen-bond acceptors (Lipinski definition) is 4. The molecule has 3 rings (SSSR count). The molecule has 0 saturated carbocycles. The van der Waals surface area contributed by atoms with Crippen LogP contribution in [0.15, 0.2) is 48.5 Å². The first-order valence-corrected chi connectivity index (χ1v) is 7.46. The molecule has 1 amide bonds. The highest BCUT2D eigenvalue weighted by molar-refractivity contribution is 6.33. The molecule has 116 valence electrons. The zero-order chi connectivity index (χ0) is 16.2. The van der Waals surface area contributed by atoms with Crippen LogP contribution < -0.4 is 5.32 Å². The first-order chi connectivity index (χ1) is 11.1. The van der Waals surface area contributed by atoms with E-state index in [1.54, 1.807) is 36.4 Å². The number of hydrogen-bond donors (Lipinski definition) is 1. The summed E-state index contributed by atoms with van der Waals surface area (Å²) in [6.45, 7) is -0.0807. The van der Waals surface area contributed by atoms with Crippen molar-refractivity contribution in [3.8, 4) is 11.4 Å². The summed E-state index contributed by atoms with van der Waals surface area (Å²) in [4.78, 5) is 13.2. The van der Waals surface area contributed by atoms with E-state index in [1.165, 1.54) is 4.80 Å². The molecule has 0 bridgehead atoms. The second kappa shape index (κ2) is 6.76. The first-order valence-electron chi connectivity index (χ1n) is 6.70. The predicted molar refractivity (Wildman–Crippen MR) is 88.3 cm³/mol. The molecule has 0 radical (unpaired) electrons. The van der Waals surface area contributed by atoms with Gasteiger partial charge in [-0.05, 0) is 29.5 Å². The summed E-state index contributed by atoms with van der Waals surface area (Å²) in [6, 6.07) is 14.1. The lowest BCUT2D eigenvalue weighted by Crippen LogP contribution is -2.20. The van der Waals surface area contributed by atoms with E-state index in [-0.39, 0.29) is 12.5 Å². The molecule has 0 aliphatic heterocycles. The van der Waals surface area contributed by atoms with E-state index in [1.807, 2.05) is 12.1 Å². The minimum Gasteiger partial charge on any atom is -0.323 e. The molecule has 2 aromatic carbocycles. The van der Waals surface area contributed by atoms with E-state index >= 15 is 0 Å². The fraction of sp³-hybridized carbons (Fsp3) is 0.0667. The number of para-hydroxylation sites is 1. The summed E-state index contributed by atoms with van der Waals surface area (Å²) in [7, 11) is 0. The average Bonchev–Trinajstić information content (AvgIpc) is 2.98. The third kappa shape index (κ3) is 3.67. The van der Waals surface area contributed by atoms with E-state index in [2.05, 4.69) is 20.7 Å². The Labute approximate surface area is 142 Å². The third-order valence-electron chi connectivity index (χ3n) is 3.00. The van der Waals surface area contributed by atoms with Crippen LogP contribution in [0.3, 0.4) is 0 Å². The minimum atomic E-state index is -0.304. The van der Waals surface area contributed by atoms with Crippen LogP contribution in [0.1, 0.15) is 0 Å². The van der Waals surface area contributed by atoms with Crippen LogP contribution in [0.25, 0.3) is 11.4 Å². The molecule has 0 saturated heterocycles. The van der Waals surface area contributed by atoms with Crippen LogP contribution >= 0.6 is 23.2 Å². The number of rotatable bonds is 4.